The molecule has 1 saturated heterocycles. The molecule has 1 atom stereocenters. The van der Waals surface area contributed by atoms with Crippen molar-refractivity contribution in [3.05, 3.63) is 47.4 Å². The minimum absolute atomic E-state index is 0.272. The molecule has 0 spiro atoms. The summed E-state index contributed by atoms with van der Waals surface area (Å²) in [6.07, 6.45) is 3.67. The van der Waals surface area contributed by atoms with Gasteiger partial charge in [-0.1, -0.05) is 0 Å². The van der Waals surface area contributed by atoms with Gasteiger partial charge < -0.3 is 10.2 Å². The van der Waals surface area contributed by atoms with E-state index in [1.54, 1.807) is 12.3 Å². The summed E-state index contributed by atoms with van der Waals surface area (Å²) in [6.45, 7) is 5.61. The summed E-state index contributed by atoms with van der Waals surface area (Å²) in [5.74, 6) is 1.05. The predicted octanol–water partition coefficient (Wildman–Crippen LogP) is 1.99. The van der Waals surface area contributed by atoms with Crippen molar-refractivity contribution in [2.45, 2.75) is 38.8 Å². The maximum absolute atomic E-state index is 11.5. The van der Waals surface area contributed by atoms with E-state index >= 15 is 0 Å². The summed E-state index contributed by atoms with van der Waals surface area (Å²) in [4.78, 5) is 22.7. The number of furan rings is 1. The lowest BCUT2D eigenvalue weighted by atomic mass is 9.97. The minimum atomic E-state index is -0.522. The van der Waals surface area contributed by atoms with Gasteiger partial charge in [0.2, 0.25) is 0 Å². The number of hydrogen-bond donors (Lipinski definition) is 1. The van der Waals surface area contributed by atoms with Crippen LogP contribution >= 0.6 is 0 Å². The number of rotatable bonds is 4. The van der Waals surface area contributed by atoms with Crippen LogP contribution in [-0.4, -0.2) is 27.3 Å². The fourth-order valence-electron chi connectivity index (χ4n) is 3.05. The highest BCUT2D eigenvalue weighted by atomic mass is 16.3. The van der Waals surface area contributed by atoms with Gasteiger partial charge in [0.25, 0.3) is 5.91 Å². The third-order valence-corrected chi connectivity index (χ3v) is 4.30. The van der Waals surface area contributed by atoms with Gasteiger partial charge in [-0.3, -0.25) is 9.69 Å². The standard InChI is InChI=1S/C16H20N4O2/c1-11-9-13(14(17)21)19-15(18-11)16(2)6-4-7-20(16)10-12-5-3-8-22-12/h3,5,8-9H,4,6-7,10H2,1-2H3,(H2,17,21). The van der Waals surface area contributed by atoms with Gasteiger partial charge in [-0.05, 0) is 51.4 Å². The van der Waals surface area contributed by atoms with E-state index in [2.05, 4.69) is 21.8 Å². The summed E-state index contributed by atoms with van der Waals surface area (Å²) in [5.41, 5.74) is 6.09. The quantitative estimate of drug-likeness (QED) is 0.933. The highest BCUT2D eigenvalue weighted by molar-refractivity contribution is 5.90. The van der Waals surface area contributed by atoms with Crippen molar-refractivity contribution in [3.63, 3.8) is 0 Å². The van der Waals surface area contributed by atoms with Crippen LogP contribution in [0.2, 0.25) is 0 Å². The fraction of sp³-hybridized carbons (Fsp3) is 0.438. The molecule has 1 fully saturated rings. The van der Waals surface area contributed by atoms with Crippen molar-refractivity contribution in [3.8, 4) is 0 Å². The van der Waals surface area contributed by atoms with Crippen LogP contribution in [0.3, 0.4) is 0 Å². The monoisotopic (exact) mass is 300 g/mol. The van der Waals surface area contributed by atoms with Crippen LogP contribution in [0.5, 0.6) is 0 Å². The van der Waals surface area contributed by atoms with E-state index in [-0.39, 0.29) is 11.2 Å². The second-order valence-electron chi connectivity index (χ2n) is 5.96. The lowest BCUT2D eigenvalue weighted by Crippen LogP contribution is -2.40. The number of likely N-dealkylation sites (tertiary alicyclic amines) is 1. The first kappa shape index (κ1) is 14.7. The van der Waals surface area contributed by atoms with Gasteiger partial charge >= 0.3 is 0 Å². The molecule has 22 heavy (non-hydrogen) atoms. The molecule has 3 heterocycles. The minimum Gasteiger partial charge on any atom is -0.468 e. The number of aryl methyl sites for hydroxylation is 1. The molecule has 1 aliphatic heterocycles. The van der Waals surface area contributed by atoms with Gasteiger partial charge in [-0.25, -0.2) is 9.97 Å². The van der Waals surface area contributed by atoms with Crippen molar-refractivity contribution >= 4 is 5.91 Å². The Morgan fingerprint density at radius 3 is 3.00 bits per heavy atom. The molecular formula is C16H20N4O2. The predicted molar refractivity (Wildman–Crippen MR) is 81.0 cm³/mol. The summed E-state index contributed by atoms with van der Waals surface area (Å²) in [5, 5.41) is 0. The second-order valence-corrected chi connectivity index (χ2v) is 5.96. The fourth-order valence-corrected chi connectivity index (χ4v) is 3.05. The first-order valence-corrected chi connectivity index (χ1v) is 7.42. The molecule has 2 aromatic rings. The molecule has 1 unspecified atom stereocenters. The highest BCUT2D eigenvalue weighted by Crippen LogP contribution is 2.37. The average molecular weight is 300 g/mol. The number of primary amides is 1. The molecule has 6 heteroatoms. The Balaban J connectivity index is 1.95. The molecule has 0 aromatic carbocycles. The van der Waals surface area contributed by atoms with Gasteiger partial charge in [-0.2, -0.15) is 0 Å². The van der Waals surface area contributed by atoms with Gasteiger partial charge in [-0.15, -0.1) is 0 Å². The highest BCUT2D eigenvalue weighted by Gasteiger charge is 2.41. The van der Waals surface area contributed by atoms with Crippen LogP contribution in [0.25, 0.3) is 0 Å². The molecule has 2 aromatic heterocycles. The maximum Gasteiger partial charge on any atom is 0.267 e. The van der Waals surface area contributed by atoms with E-state index in [1.807, 2.05) is 19.1 Å². The van der Waals surface area contributed by atoms with Crippen molar-refractivity contribution in [2.24, 2.45) is 5.73 Å². The Kier molecular flexibility index (Phi) is 3.70. The molecule has 1 amide bonds. The number of amides is 1. The Hall–Kier alpha value is -2.21. The van der Waals surface area contributed by atoms with Crippen LogP contribution in [-0.2, 0) is 12.1 Å². The average Bonchev–Trinajstić information content (AvgIpc) is 3.10. The zero-order valence-corrected chi connectivity index (χ0v) is 12.9. The van der Waals surface area contributed by atoms with Crippen molar-refractivity contribution < 1.29 is 9.21 Å². The third kappa shape index (κ3) is 2.62. The van der Waals surface area contributed by atoms with E-state index < -0.39 is 5.91 Å². The molecular weight excluding hydrogens is 280 g/mol. The summed E-state index contributed by atoms with van der Waals surface area (Å²) in [7, 11) is 0. The Morgan fingerprint density at radius 2 is 2.32 bits per heavy atom. The smallest absolute Gasteiger partial charge is 0.267 e. The molecule has 116 valence electrons. The lowest BCUT2D eigenvalue weighted by molar-refractivity contribution is 0.0990. The van der Waals surface area contributed by atoms with Gasteiger partial charge in [0.05, 0.1) is 18.3 Å². The Labute approximate surface area is 129 Å². The second kappa shape index (κ2) is 5.53. The number of nitrogens with zero attached hydrogens (tertiary/aromatic N) is 3. The zero-order chi connectivity index (χ0) is 15.7. The molecule has 0 saturated carbocycles. The summed E-state index contributed by atoms with van der Waals surface area (Å²) in [6, 6.07) is 5.47. The van der Waals surface area contributed by atoms with Crippen LogP contribution in [0.4, 0.5) is 0 Å². The van der Waals surface area contributed by atoms with Gasteiger partial charge in [0.15, 0.2) is 0 Å². The molecule has 0 aliphatic carbocycles. The van der Waals surface area contributed by atoms with Crippen LogP contribution in [0, 0.1) is 6.92 Å². The van der Waals surface area contributed by atoms with Crippen LogP contribution in [0.15, 0.2) is 28.9 Å². The Bertz CT molecular complexity index is 683. The molecule has 0 radical (unpaired) electrons. The number of aromatic nitrogens is 2. The van der Waals surface area contributed by atoms with E-state index in [0.29, 0.717) is 12.4 Å². The van der Waals surface area contributed by atoms with E-state index in [4.69, 9.17) is 10.2 Å². The van der Waals surface area contributed by atoms with Crippen molar-refractivity contribution in [1.29, 1.82) is 0 Å². The SMILES string of the molecule is Cc1cc(C(N)=O)nc(C2(C)CCCN2Cc2ccco2)n1. The first-order chi connectivity index (χ1) is 10.5. The molecule has 6 nitrogen and oxygen atoms in total. The normalized spacial score (nSPS) is 22.1. The molecule has 2 N–H and O–H groups in total. The number of nitrogens with two attached hydrogens (primary N) is 1. The summed E-state index contributed by atoms with van der Waals surface area (Å²) >= 11 is 0. The largest absolute Gasteiger partial charge is 0.468 e. The van der Waals surface area contributed by atoms with Crippen LogP contribution < -0.4 is 5.73 Å². The lowest BCUT2D eigenvalue weighted by Gasteiger charge is -2.33. The van der Waals surface area contributed by atoms with Crippen LogP contribution in [0.1, 0.15) is 47.5 Å². The first-order valence-electron chi connectivity index (χ1n) is 7.42. The number of carbonyl (C=O) groups excluding carboxylic acids is 1. The molecule has 3 rings (SSSR count). The van der Waals surface area contributed by atoms with E-state index in [0.717, 1.165) is 30.8 Å². The maximum atomic E-state index is 11.5. The summed E-state index contributed by atoms with van der Waals surface area (Å²) < 4.78 is 5.45. The Morgan fingerprint density at radius 1 is 1.50 bits per heavy atom. The zero-order valence-electron chi connectivity index (χ0n) is 12.9. The third-order valence-electron chi connectivity index (χ3n) is 4.30. The molecule has 1 aliphatic rings. The van der Waals surface area contributed by atoms with Crippen molar-refractivity contribution in [1.82, 2.24) is 14.9 Å². The molecule has 0 bridgehead atoms. The van der Waals surface area contributed by atoms with Gasteiger partial charge in [0, 0.05) is 5.69 Å². The van der Waals surface area contributed by atoms with Crippen molar-refractivity contribution in [2.75, 3.05) is 6.54 Å². The number of hydrogen-bond acceptors (Lipinski definition) is 5. The topological polar surface area (TPSA) is 85.3 Å². The van der Waals surface area contributed by atoms with Gasteiger partial charge in [0.1, 0.15) is 17.3 Å². The van der Waals surface area contributed by atoms with E-state index in [1.165, 1.54) is 0 Å². The number of carbonyl (C=O) groups is 1. The van der Waals surface area contributed by atoms with E-state index in [9.17, 15) is 4.79 Å².